The van der Waals surface area contributed by atoms with Crippen LogP contribution in [-0.4, -0.2) is 17.7 Å². The van der Waals surface area contributed by atoms with Crippen molar-refractivity contribution in [1.82, 2.24) is 10.0 Å². The molecule has 0 aliphatic carbocycles. The fraction of sp³-hybridized carbons (Fsp3) is 0.364. The smallest absolute Gasteiger partial charge is 0.238 e. The van der Waals surface area contributed by atoms with Crippen LogP contribution in [0.4, 0.5) is 0 Å². The molecule has 0 aromatic heterocycles. The van der Waals surface area contributed by atoms with Gasteiger partial charge in [0.25, 0.3) is 0 Å². The van der Waals surface area contributed by atoms with Crippen LogP contribution in [0.15, 0.2) is 24.3 Å². The summed E-state index contributed by atoms with van der Waals surface area (Å²) in [6.45, 7) is 0.554. The van der Waals surface area contributed by atoms with E-state index < -0.39 is 0 Å². The first-order chi connectivity index (χ1) is 7.75. The van der Waals surface area contributed by atoms with Crippen molar-refractivity contribution in [2.75, 3.05) is 5.75 Å². The van der Waals surface area contributed by atoms with Crippen LogP contribution in [0.5, 0.6) is 0 Å². The summed E-state index contributed by atoms with van der Waals surface area (Å²) >= 11 is 7.38. The Balaban J connectivity index is 1.82. The zero-order chi connectivity index (χ0) is 11.4. The van der Waals surface area contributed by atoms with Gasteiger partial charge in [0.2, 0.25) is 5.91 Å². The molecular formula is C11H13ClN2OS. The second kappa shape index (κ2) is 5.57. The van der Waals surface area contributed by atoms with Crippen LogP contribution in [-0.2, 0) is 11.3 Å². The molecule has 1 fully saturated rings. The maximum Gasteiger partial charge on any atom is 0.238 e. The van der Waals surface area contributed by atoms with Crippen molar-refractivity contribution in [2.45, 2.75) is 19.0 Å². The van der Waals surface area contributed by atoms with E-state index >= 15 is 0 Å². The van der Waals surface area contributed by atoms with E-state index in [0.717, 1.165) is 17.7 Å². The van der Waals surface area contributed by atoms with E-state index in [-0.39, 0.29) is 11.9 Å². The molecule has 0 radical (unpaired) electrons. The van der Waals surface area contributed by atoms with Gasteiger partial charge in [0.15, 0.2) is 0 Å². The average Bonchev–Trinajstić information content (AvgIpc) is 2.81. The Kier molecular flexibility index (Phi) is 4.09. The normalized spacial score (nSPS) is 19.7. The van der Waals surface area contributed by atoms with Gasteiger partial charge in [0, 0.05) is 17.3 Å². The summed E-state index contributed by atoms with van der Waals surface area (Å²) in [4.78, 5) is 11.7. The molecule has 1 saturated heterocycles. The monoisotopic (exact) mass is 256 g/mol. The van der Waals surface area contributed by atoms with Crippen LogP contribution in [0, 0.1) is 0 Å². The lowest BCUT2D eigenvalue weighted by molar-refractivity contribution is -0.122. The van der Waals surface area contributed by atoms with Crippen molar-refractivity contribution in [3.63, 3.8) is 0 Å². The van der Waals surface area contributed by atoms with Crippen LogP contribution in [0.3, 0.4) is 0 Å². The van der Waals surface area contributed by atoms with E-state index in [1.807, 2.05) is 24.3 Å². The Hall–Kier alpha value is -0.710. The maximum atomic E-state index is 11.7. The summed E-state index contributed by atoms with van der Waals surface area (Å²) < 4.78 is 3.09. The molecule has 1 heterocycles. The fourth-order valence-electron chi connectivity index (χ4n) is 1.49. The maximum absolute atomic E-state index is 11.7. The van der Waals surface area contributed by atoms with E-state index in [1.165, 1.54) is 0 Å². The molecule has 1 aromatic carbocycles. The van der Waals surface area contributed by atoms with Gasteiger partial charge in [0.05, 0.1) is 6.04 Å². The van der Waals surface area contributed by atoms with Gasteiger partial charge in [-0.05, 0) is 24.1 Å². The Morgan fingerprint density at radius 1 is 1.50 bits per heavy atom. The minimum Gasteiger partial charge on any atom is -0.351 e. The zero-order valence-electron chi connectivity index (χ0n) is 8.70. The molecule has 2 rings (SSSR count). The van der Waals surface area contributed by atoms with Crippen molar-refractivity contribution >= 4 is 29.5 Å². The first-order valence-electron chi connectivity index (χ1n) is 5.15. The summed E-state index contributed by atoms with van der Waals surface area (Å²) in [6, 6.07) is 7.44. The topological polar surface area (TPSA) is 41.1 Å². The quantitative estimate of drug-likeness (QED) is 0.813. The first-order valence-corrected chi connectivity index (χ1v) is 6.51. The number of halogens is 1. The van der Waals surface area contributed by atoms with Gasteiger partial charge in [-0.25, -0.2) is 0 Å². The number of hydrogen-bond donors (Lipinski definition) is 2. The van der Waals surface area contributed by atoms with Gasteiger partial charge in [-0.3, -0.25) is 9.52 Å². The highest BCUT2D eigenvalue weighted by molar-refractivity contribution is 7.97. The van der Waals surface area contributed by atoms with Gasteiger partial charge in [-0.2, -0.15) is 0 Å². The third-order valence-corrected chi connectivity index (χ3v) is 3.57. The summed E-state index contributed by atoms with van der Waals surface area (Å²) in [5, 5.41) is 3.61. The predicted octanol–water partition coefficient (Wildman–Crippen LogP) is 1.97. The van der Waals surface area contributed by atoms with E-state index in [2.05, 4.69) is 10.0 Å². The summed E-state index contributed by atoms with van der Waals surface area (Å²) in [5.74, 6) is 1.07. The molecule has 86 valence electrons. The lowest BCUT2D eigenvalue weighted by atomic mass is 10.2. The molecule has 1 unspecified atom stereocenters. The molecule has 3 nitrogen and oxygen atoms in total. The third kappa shape index (κ3) is 3.14. The summed E-state index contributed by atoms with van der Waals surface area (Å²) in [5.41, 5.74) is 1.06. The van der Waals surface area contributed by atoms with Crippen LogP contribution < -0.4 is 10.0 Å². The largest absolute Gasteiger partial charge is 0.351 e. The third-order valence-electron chi connectivity index (χ3n) is 2.43. The first kappa shape index (κ1) is 11.8. The number of hydrogen-bond acceptors (Lipinski definition) is 3. The molecule has 0 saturated carbocycles. The van der Waals surface area contributed by atoms with Crippen molar-refractivity contribution in [2.24, 2.45) is 0 Å². The minimum atomic E-state index is -0.0442. The molecule has 0 bridgehead atoms. The lowest BCUT2D eigenvalue weighted by Crippen LogP contribution is -2.38. The van der Waals surface area contributed by atoms with Crippen molar-refractivity contribution in [3.8, 4) is 0 Å². The van der Waals surface area contributed by atoms with Crippen molar-refractivity contribution < 1.29 is 4.79 Å². The molecule has 5 heteroatoms. The fourth-order valence-corrected chi connectivity index (χ4v) is 2.52. The van der Waals surface area contributed by atoms with E-state index in [4.69, 9.17) is 11.6 Å². The van der Waals surface area contributed by atoms with Gasteiger partial charge in [-0.15, -0.1) is 0 Å². The minimum absolute atomic E-state index is 0.0442. The Morgan fingerprint density at radius 3 is 2.88 bits per heavy atom. The second-order valence-electron chi connectivity index (χ2n) is 3.65. The van der Waals surface area contributed by atoms with Crippen molar-refractivity contribution in [3.05, 3.63) is 34.9 Å². The molecule has 1 aliphatic rings. The Labute approximate surface area is 104 Å². The van der Waals surface area contributed by atoms with Crippen LogP contribution in [0.2, 0.25) is 5.02 Å². The van der Waals surface area contributed by atoms with Crippen LogP contribution in [0.25, 0.3) is 0 Å². The predicted molar refractivity (Wildman–Crippen MR) is 67.3 cm³/mol. The number of carbonyl (C=O) groups is 1. The van der Waals surface area contributed by atoms with Gasteiger partial charge < -0.3 is 5.32 Å². The molecule has 16 heavy (non-hydrogen) atoms. The molecule has 0 spiro atoms. The van der Waals surface area contributed by atoms with E-state index in [9.17, 15) is 4.79 Å². The molecule has 1 aliphatic heterocycles. The highest BCUT2D eigenvalue weighted by Crippen LogP contribution is 2.13. The Morgan fingerprint density at radius 2 is 2.25 bits per heavy atom. The van der Waals surface area contributed by atoms with Gasteiger partial charge >= 0.3 is 0 Å². The summed E-state index contributed by atoms with van der Waals surface area (Å²) in [7, 11) is 0. The van der Waals surface area contributed by atoms with E-state index in [0.29, 0.717) is 11.6 Å². The highest BCUT2D eigenvalue weighted by atomic mass is 35.5. The SMILES string of the molecule is O=C(NCc1ccc(Cl)cc1)C1CCSN1. The number of benzene rings is 1. The summed E-state index contributed by atoms with van der Waals surface area (Å²) in [6.07, 6.45) is 0.900. The van der Waals surface area contributed by atoms with E-state index in [1.54, 1.807) is 11.9 Å². The van der Waals surface area contributed by atoms with Crippen LogP contribution >= 0.6 is 23.5 Å². The van der Waals surface area contributed by atoms with Crippen LogP contribution in [0.1, 0.15) is 12.0 Å². The Bertz CT molecular complexity index is 363. The highest BCUT2D eigenvalue weighted by Gasteiger charge is 2.21. The molecule has 1 aromatic rings. The molecule has 2 N–H and O–H groups in total. The van der Waals surface area contributed by atoms with Gasteiger partial charge in [-0.1, -0.05) is 35.7 Å². The molecule has 1 atom stereocenters. The van der Waals surface area contributed by atoms with Gasteiger partial charge in [0.1, 0.15) is 0 Å². The second-order valence-corrected chi connectivity index (χ2v) is 5.02. The number of amides is 1. The number of carbonyl (C=O) groups excluding carboxylic acids is 1. The lowest BCUT2D eigenvalue weighted by Gasteiger charge is -2.10. The zero-order valence-corrected chi connectivity index (χ0v) is 10.3. The number of rotatable bonds is 3. The van der Waals surface area contributed by atoms with Crippen molar-refractivity contribution in [1.29, 1.82) is 0 Å². The average molecular weight is 257 g/mol. The molecular weight excluding hydrogens is 244 g/mol. The molecule has 1 amide bonds. The number of nitrogens with one attached hydrogen (secondary N) is 2. The standard InChI is InChI=1S/C11H13ClN2OS/c12-9-3-1-8(2-4-9)7-13-11(15)10-5-6-16-14-10/h1-4,10,14H,5-7H2,(H,13,15).